The van der Waals surface area contributed by atoms with Crippen LogP contribution in [0.15, 0.2) is 83.8 Å². The Morgan fingerprint density at radius 1 is 0.724 bits per heavy atom. The molecule has 0 N–H and O–H groups in total. The highest BCUT2D eigenvalue weighted by Crippen LogP contribution is 2.43. The van der Waals surface area contributed by atoms with Crippen LogP contribution in [0.2, 0.25) is 0 Å². The Morgan fingerprint density at radius 3 is 1.93 bits per heavy atom. The highest BCUT2D eigenvalue weighted by atomic mass is 16.5. The van der Waals surface area contributed by atoms with Crippen molar-refractivity contribution in [1.82, 2.24) is 4.40 Å². The zero-order valence-corrected chi connectivity index (χ0v) is 16.2. The minimum absolute atomic E-state index is 0.0708. The first-order valence-corrected chi connectivity index (χ1v) is 9.40. The van der Waals surface area contributed by atoms with Crippen molar-refractivity contribution in [2.24, 2.45) is 0 Å². The highest BCUT2D eigenvalue weighted by Gasteiger charge is 2.23. The molecule has 0 atom stereocenters. The molecule has 2 aromatic heterocycles. The van der Waals surface area contributed by atoms with Gasteiger partial charge in [-0.1, -0.05) is 60.7 Å². The van der Waals surface area contributed by atoms with Crippen molar-refractivity contribution < 1.29 is 9.47 Å². The molecular weight excluding hydrogens is 362 g/mol. The fourth-order valence-corrected chi connectivity index (χ4v) is 4.07. The predicted octanol–water partition coefficient (Wildman–Crippen LogP) is 5.24. The summed E-state index contributed by atoms with van der Waals surface area (Å²) in [6.07, 6.45) is 2.08. The second kappa shape index (κ2) is 6.67. The lowest BCUT2D eigenvalue weighted by molar-refractivity contribution is 0.400. The van der Waals surface area contributed by atoms with E-state index in [9.17, 15) is 4.79 Å². The Bertz CT molecular complexity index is 1370. The van der Waals surface area contributed by atoms with E-state index >= 15 is 0 Å². The fourth-order valence-electron chi connectivity index (χ4n) is 4.07. The van der Waals surface area contributed by atoms with Gasteiger partial charge in [0.05, 0.1) is 36.2 Å². The van der Waals surface area contributed by atoms with Crippen LogP contribution in [0.4, 0.5) is 0 Å². The summed E-state index contributed by atoms with van der Waals surface area (Å²) in [6, 6.07) is 23.5. The van der Waals surface area contributed by atoms with E-state index in [0.717, 1.165) is 33.3 Å². The number of rotatable bonds is 4. The van der Waals surface area contributed by atoms with E-state index in [0.29, 0.717) is 16.9 Å². The number of nitrogens with zero attached hydrogens (tertiary/aromatic N) is 1. The van der Waals surface area contributed by atoms with Crippen LogP contribution in [-0.2, 0) is 0 Å². The van der Waals surface area contributed by atoms with E-state index in [1.807, 2.05) is 48.5 Å². The number of aromatic nitrogens is 1. The normalized spacial score (nSPS) is 11.2. The molecular formula is C25H19NO3. The van der Waals surface area contributed by atoms with Gasteiger partial charge in [0, 0.05) is 23.9 Å². The Kier molecular flexibility index (Phi) is 3.98. The predicted molar refractivity (Wildman–Crippen MR) is 116 cm³/mol. The molecule has 0 bridgehead atoms. The summed E-state index contributed by atoms with van der Waals surface area (Å²) in [4.78, 5) is 13.2. The molecule has 3 aromatic carbocycles. The molecule has 0 aliphatic rings. The lowest BCUT2D eigenvalue weighted by Crippen LogP contribution is -2.07. The molecule has 0 aliphatic heterocycles. The summed E-state index contributed by atoms with van der Waals surface area (Å²) >= 11 is 0. The molecule has 5 rings (SSSR count). The monoisotopic (exact) mass is 381 g/mol. The number of hydrogen-bond donors (Lipinski definition) is 0. The van der Waals surface area contributed by atoms with Gasteiger partial charge in [0.1, 0.15) is 11.5 Å². The highest BCUT2D eigenvalue weighted by molar-refractivity contribution is 6.11. The lowest BCUT2D eigenvalue weighted by Gasteiger charge is -2.13. The van der Waals surface area contributed by atoms with E-state index in [1.54, 1.807) is 26.4 Å². The van der Waals surface area contributed by atoms with Crippen LogP contribution in [0.1, 0.15) is 0 Å². The molecule has 0 saturated carbocycles. The van der Waals surface area contributed by atoms with Gasteiger partial charge in [-0.05, 0) is 11.1 Å². The summed E-state index contributed by atoms with van der Waals surface area (Å²) in [5.41, 5.74) is 4.63. The summed E-state index contributed by atoms with van der Waals surface area (Å²) in [6.45, 7) is 0. The first kappa shape index (κ1) is 17.3. The van der Waals surface area contributed by atoms with Crippen molar-refractivity contribution in [2.75, 3.05) is 14.2 Å². The van der Waals surface area contributed by atoms with Gasteiger partial charge in [0.15, 0.2) is 5.43 Å². The third-order valence-corrected chi connectivity index (χ3v) is 5.36. The van der Waals surface area contributed by atoms with Gasteiger partial charge >= 0.3 is 0 Å². The number of ether oxygens (including phenoxy) is 2. The van der Waals surface area contributed by atoms with Crippen molar-refractivity contribution in [3.05, 3.63) is 89.2 Å². The van der Waals surface area contributed by atoms with Gasteiger partial charge in [-0.3, -0.25) is 4.79 Å². The molecule has 142 valence electrons. The smallest absolute Gasteiger partial charge is 0.193 e. The van der Waals surface area contributed by atoms with E-state index in [-0.39, 0.29) is 5.43 Å². The van der Waals surface area contributed by atoms with Crippen LogP contribution in [0.5, 0.6) is 11.5 Å². The quantitative estimate of drug-likeness (QED) is 0.427. The Labute approximate surface area is 167 Å². The molecule has 0 aliphatic carbocycles. The zero-order chi connectivity index (χ0) is 20.0. The number of methoxy groups -OCH3 is 2. The van der Waals surface area contributed by atoms with E-state index in [2.05, 4.69) is 22.7 Å². The van der Waals surface area contributed by atoms with Gasteiger partial charge < -0.3 is 13.9 Å². The SMILES string of the molecule is COc1cc(OC)c2c(=O)cc(-c3ccccc3)n3cc(-c4ccccc4)c1c23. The topological polar surface area (TPSA) is 39.9 Å². The van der Waals surface area contributed by atoms with Gasteiger partial charge in [0.25, 0.3) is 0 Å². The summed E-state index contributed by atoms with van der Waals surface area (Å²) in [5, 5.41) is 1.47. The minimum Gasteiger partial charge on any atom is -0.496 e. The maximum atomic E-state index is 13.2. The first-order valence-electron chi connectivity index (χ1n) is 9.40. The van der Waals surface area contributed by atoms with E-state index < -0.39 is 0 Å². The summed E-state index contributed by atoms with van der Waals surface area (Å²) in [7, 11) is 3.22. The van der Waals surface area contributed by atoms with Crippen LogP contribution in [0, 0.1) is 0 Å². The van der Waals surface area contributed by atoms with Crippen molar-refractivity contribution >= 4 is 16.3 Å². The molecule has 4 nitrogen and oxygen atoms in total. The maximum absolute atomic E-state index is 13.2. The molecule has 2 heterocycles. The van der Waals surface area contributed by atoms with Crippen LogP contribution in [0.3, 0.4) is 0 Å². The van der Waals surface area contributed by atoms with Crippen molar-refractivity contribution in [3.8, 4) is 33.9 Å². The number of hydrogen-bond acceptors (Lipinski definition) is 3. The molecule has 0 unspecified atom stereocenters. The fraction of sp³-hybridized carbons (Fsp3) is 0.0800. The van der Waals surface area contributed by atoms with Gasteiger partial charge in [0.2, 0.25) is 0 Å². The average Bonchev–Trinajstić information content (AvgIpc) is 3.18. The Hall–Kier alpha value is -3.79. The summed E-state index contributed by atoms with van der Waals surface area (Å²) < 4.78 is 13.4. The van der Waals surface area contributed by atoms with E-state index in [1.165, 1.54) is 0 Å². The number of benzene rings is 3. The summed E-state index contributed by atoms with van der Waals surface area (Å²) in [5.74, 6) is 1.20. The third kappa shape index (κ3) is 2.57. The largest absolute Gasteiger partial charge is 0.496 e. The molecule has 0 fully saturated rings. The zero-order valence-electron chi connectivity index (χ0n) is 16.2. The number of pyridine rings is 1. The molecule has 4 heteroatoms. The van der Waals surface area contributed by atoms with Crippen molar-refractivity contribution in [3.63, 3.8) is 0 Å². The Morgan fingerprint density at radius 2 is 1.31 bits per heavy atom. The molecule has 0 saturated heterocycles. The minimum atomic E-state index is -0.0708. The van der Waals surface area contributed by atoms with Crippen LogP contribution >= 0.6 is 0 Å². The first-order chi connectivity index (χ1) is 14.2. The molecule has 0 spiro atoms. The van der Waals surface area contributed by atoms with Crippen LogP contribution in [-0.4, -0.2) is 18.6 Å². The second-order valence-electron chi connectivity index (χ2n) is 6.92. The van der Waals surface area contributed by atoms with Gasteiger partial charge in [-0.2, -0.15) is 0 Å². The standard InChI is InChI=1S/C25H19NO3/c1-28-21-14-22(29-2)24-20(27)13-19(17-11-7-4-8-12-17)26-15-18(23(21)25(24)26)16-9-5-3-6-10-16/h3-15H,1-2H3. The molecule has 0 amide bonds. The maximum Gasteiger partial charge on any atom is 0.193 e. The van der Waals surface area contributed by atoms with Crippen molar-refractivity contribution in [1.29, 1.82) is 0 Å². The Balaban J connectivity index is 2.02. The average molecular weight is 381 g/mol. The van der Waals surface area contributed by atoms with Crippen molar-refractivity contribution in [2.45, 2.75) is 0 Å². The lowest BCUT2D eigenvalue weighted by atomic mass is 10.0. The molecule has 29 heavy (non-hydrogen) atoms. The van der Waals surface area contributed by atoms with Gasteiger partial charge in [-0.25, -0.2) is 0 Å². The van der Waals surface area contributed by atoms with Gasteiger partial charge in [-0.15, -0.1) is 0 Å². The van der Waals surface area contributed by atoms with Crippen LogP contribution < -0.4 is 14.9 Å². The molecule has 5 aromatic rings. The second-order valence-corrected chi connectivity index (χ2v) is 6.92. The van der Waals surface area contributed by atoms with Crippen LogP contribution in [0.25, 0.3) is 38.7 Å². The molecule has 0 radical (unpaired) electrons. The van der Waals surface area contributed by atoms with E-state index in [4.69, 9.17) is 9.47 Å². The third-order valence-electron chi connectivity index (χ3n) is 5.36.